The van der Waals surface area contributed by atoms with Crippen LogP contribution < -0.4 is 0 Å². The molecule has 0 N–H and O–H groups in total. The van der Waals surface area contributed by atoms with Crippen LogP contribution in [0.15, 0.2) is 29.9 Å². The SMILES string of the molecule is O=[N+]([O-])c1cccc2nc(-c3cncs3)nc(Cl)c12. The van der Waals surface area contributed by atoms with E-state index in [4.69, 9.17) is 11.6 Å². The summed E-state index contributed by atoms with van der Waals surface area (Å²) in [6.07, 6.45) is 1.62. The van der Waals surface area contributed by atoms with Crippen LogP contribution in [0.1, 0.15) is 0 Å². The minimum Gasteiger partial charge on any atom is -0.258 e. The summed E-state index contributed by atoms with van der Waals surface area (Å²) in [5.41, 5.74) is 2.00. The Kier molecular flexibility index (Phi) is 2.84. The molecule has 0 atom stereocenters. The number of aromatic nitrogens is 3. The van der Waals surface area contributed by atoms with Gasteiger partial charge in [-0.05, 0) is 6.07 Å². The van der Waals surface area contributed by atoms with Crippen LogP contribution in [-0.4, -0.2) is 19.9 Å². The average Bonchev–Trinajstić information content (AvgIpc) is 2.91. The topological polar surface area (TPSA) is 81.8 Å². The molecule has 0 aliphatic heterocycles. The molecule has 1 aromatic carbocycles. The number of thiazole rings is 1. The number of nitro groups is 1. The van der Waals surface area contributed by atoms with Gasteiger partial charge in [0.15, 0.2) is 5.82 Å². The Morgan fingerprint density at radius 3 is 2.84 bits per heavy atom. The molecule has 0 aliphatic rings. The minimum atomic E-state index is -0.496. The lowest BCUT2D eigenvalue weighted by Crippen LogP contribution is -1.95. The lowest BCUT2D eigenvalue weighted by atomic mass is 10.2. The first-order chi connectivity index (χ1) is 9.16. The van der Waals surface area contributed by atoms with Crippen molar-refractivity contribution in [2.24, 2.45) is 0 Å². The van der Waals surface area contributed by atoms with Crippen molar-refractivity contribution in [2.45, 2.75) is 0 Å². The highest BCUT2D eigenvalue weighted by molar-refractivity contribution is 7.13. The Bertz CT molecular complexity index is 776. The molecular weight excluding hydrogens is 288 g/mol. The second-order valence-corrected chi connectivity index (χ2v) is 4.88. The molecule has 19 heavy (non-hydrogen) atoms. The molecule has 6 nitrogen and oxygen atoms in total. The predicted molar refractivity (Wildman–Crippen MR) is 72.3 cm³/mol. The zero-order valence-corrected chi connectivity index (χ0v) is 10.9. The molecule has 3 aromatic rings. The molecule has 0 radical (unpaired) electrons. The Morgan fingerprint density at radius 1 is 1.32 bits per heavy atom. The molecule has 94 valence electrons. The molecule has 0 saturated heterocycles. The lowest BCUT2D eigenvalue weighted by molar-refractivity contribution is -0.383. The van der Waals surface area contributed by atoms with Crippen molar-refractivity contribution in [3.63, 3.8) is 0 Å². The fourth-order valence-electron chi connectivity index (χ4n) is 1.71. The summed E-state index contributed by atoms with van der Waals surface area (Å²) in [7, 11) is 0. The number of non-ortho nitro benzene ring substituents is 1. The van der Waals surface area contributed by atoms with Crippen molar-refractivity contribution in [1.82, 2.24) is 15.0 Å². The molecule has 0 spiro atoms. The maximum Gasteiger partial charge on any atom is 0.281 e. The maximum atomic E-state index is 11.0. The van der Waals surface area contributed by atoms with Gasteiger partial charge in [-0.15, -0.1) is 11.3 Å². The summed E-state index contributed by atoms with van der Waals surface area (Å²) < 4.78 is 0. The molecule has 8 heteroatoms. The standard InChI is InChI=1S/C11H5ClN4O2S/c12-10-9-6(2-1-3-7(9)16(17)18)14-11(15-10)8-4-13-5-19-8/h1-5H. The van der Waals surface area contributed by atoms with Gasteiger partial charge in [0.2, 0.25) is 0 Å². The molecule has 0 bridgehead atoms. The Labute approximate surface area is 115 Å². The lowest BCUT2D eigenvalue weighted by Gasteiger charge is -2.03. The van der Waals surface area contributed by atoms with Crippen LogP contribution in [0.25, 0.3) is 21.6 Å². The fourth-order valence-corrected chi connectivity index (χ4v) is 2.54. The van der Waals surface area contributed by atoms with E-state index >= 15 is 0 Å². The number of halogens is 1. The first-order valence-corrected chi connectivity index (χ1v) is 6.42. The molecule has 0 saturated carbocycles. The number of hydrogen-bond donors (Lipinski definition) is 0. The quantitative estimate of drug-likeness (QED) is 0.411. The van der Waals surface area contributed by atoms with Gasteiger partial charge in [-0.1, -0.05) is 17.7 Å². The van der Waals surface area contributed by atoms with Gasteiger partial charge < -0.3 is 0 Å². The van der Waals surface area contributed by atoms with E-state index in [9.17, 15) is 10.1 Å². The van der Waals surface area contributed by atoms with E-state index in [2.05, 4.69) is 15.0 Å². The highest BCUT2D eigenvalue weighted by Crippen LogP contribution is 2.32. The molecule has 3 rings (SSSR count). The van der Waals surface area contributed by atoms with Crippen LogP contribution in [0.5, 0.6) is 0 Å². The summed E-state index contributed by atoms with van der Waals surface area (Å²) in [6.45, 7) is 0. The number of benzene rings is 1. The van der Waals surface area contributed by atoms with Gasteiger partial charge in [-0.2, -0.15) is 0 Å². The minimum absolute atomic E-state index is 0.0701. The van der Waals surface area contributed by atoms with Gasteiger partial charge in [0.1, 0.15) is 10.5 Å². The summed E-state index contributed by atoms with van der Waals surface area (Å²) in [5, 5.41) is 11.3. The van der Waals surface area contributed by atoms with Crippen molar-refractivity contribution >= 4 is 39.5 Å². The third-order valence-electron chi connectivity index (χ3n) is 2.51. The smallest absolute Gasteiger partial charge is 0.258 e. The van der Waals surface area contributed by atoms with Crippen LogP contribution in [0, 0.1) is 10.1 Å². The largest absolute Gasteiger partial charge is 0.281 e. The zero-order chi connectivity index (χ0) is 13.4. The van der Waals surface area contributed by atoms with Crippen molar-refractivity contribution in [3.05, 3.63) is 45.2 Å². The predicted octanol–water partition coefficient (Wildman–Crippen LogP) is 3.31. The Morgan fingerprint density at radius 2 is 2.16 bits per heavy atom. The van der Waals surface area contributed by atoms with Crippen LogP contribution in [0.4, 0.5) is 5.69 Å². The van der Waals surface area contributed by atoms with Gasteiger partial charge in [-0.25, -0.2) is 9.97 Å². The van der Waals surface area contributed by atoms with Crippen molar-refractivity contribution in [3.8, 4) is 10.7 Å². The van der Waals surface area contributed by atoms with Crippen molar-refractivity contribution in [1.29, 1.82) is 0 Å². The second kappa shape index (κ2) is 4.52. The summed E-state index contributed by atoms with van der Waals surface area (Å²) in [4.78, 5) is 23.6. The van der Waals surface area contributed by atoms with Crippen LogP contribution in [0.3, 0.4) is 0 Å². The van der Waals surface area contributed by atoms with Crippen molar-refractivity contribution in [2.75, 3.05) is 0 Å². The molecule has 0 aliphatic carbocycles. The van der Waals surface area contributed by atoms with E-state index in [1.54, 1.807) is 23.8 Å². The van der Waals surface area contributed by atoms with Gasteiger partial charge in [0, 0.05) is 12.3 Å². The van der Waals surface area contributed by atoms with E-state index < -0.39 is 4.92 Å². The maximum absolute atomic E-state index is 11.0. The van der Waals surface area contributed by atoms with Crippen LogP contribution >= 0.6 is 22.9 Å². The summed E-state index contributed by atoms with van der Waals surface area (Å²) in [6, 6.07) is 4.62. The molecule has 2 aromatic heterocycles. The highest BCUT2D eigenvalue weighted by atomic mass is 35.5. The van der Waals surface area contributed by atoms with Crippen molar-refractivity contribution < 1.29 is 4.92 Å². The first-order valence-electron chi connectivity index (χ1n) is 5.16. The van der Waals surface area contributed by atoms with Gasteiger partial charge in [0.05, 0.1) is 20.8 Å². The Balaban J connectivity index is 2.31. The number of nitro benzene ring substituents is 1. The highest BCUT2D eigenvalue weighted by Gasteiger charge is 2.18. The molecule has 0 unspecified atom stereocenters. The molecule has 0 amide bonds. The average molecular weight is 293 g/mol. The Hall–Kier alpha value is -2.12. The fraction of sp³-hybridized carbons (Fsp3) is 0. The van der Waals surface area contributed by atoms with E-state index in [1.807, 2.05) is 0 Å². The van der Waals surface area contributed by atoms with E-state index in [-0.39, 0.29) is 16.2 Å². The summed E-state index contributed by atoms with van der Waals surface area (Å²) >= 11 is 7.43. The molecular formula is C11H5ClN4O2S. The third-order valence-corrected chi connectivity index (χ3v) is 3.55. The van der Waals surface area contributed by atoms with Crippen LogP contribution in [0.2, 0.25) is 5.15 Å². The van der Waals surface area contributed by atoms with E-state index in [1.165, 1.54) is 17.4 Å². The number of nitrogens with zero attached hydrogens (tertiary/aromatic N) is 4. The zero-order valence-electron chi connectivity index (χ0n) is 9.28. The molecule has 2 heterocycles. The number of fused-ring (bicyclic) bond motifs is 1. The van der Waals surface area contributed by atoms with Gasteiger partial charge in [0.25, 0.3) is 5.69 Å². The van der Waals surface area contributed by atoms with E-state index in [0.29, 0.717) is 11.3 Å². The number of rotatable bonds is 2. The second-order valence-electron chi connectivity index (χ2n) is 3.63. The van der Waals surface area contributed by atoms with Gasteiger partial charge in [-0.3, -0.25) is 15.1 Å². The first kappa shape index (κ1) is 11.9. The third kappa shape index (κ3) is 2.02. The van der Waals surface area contributed by atoms with Crippen LogP contribution in [-0.2, 0) is 0 Å². The summed E-state index contributed by atoms with van der Waals surface area (Å²) in [5.74, 6) is 0.417. The number of hydrogen-bond acceptors (Lipinski definition) is 6. The normalized spacial score (nSPS) is 10.8. The molecule has 0 fully saturated rings. The van der Waals surface area contributed by atoms with E-state index in [0.717, 1.165) is 4.88 Å². The monoisotopic (exact) mass is 292 g/mol. The van der Waals surface area contributed by atoms with Gasteiger partial charge >= 0.3 is 0 Å².